The molecule has 2 aromatic carbocycles. The molecule has 2 heterocycles. The number of nitrogens with zero attached hydrogens (tertiary/aromatic N) is 3. The Balaban J connectivity index is 1.88. The Bertz CT molecular complexity index is 1750. The van der Waals surface area contributed by atoms with Crippen LogP contribution in [0.2, 0.25) is 5.02 Å². The number of benzene rings is 2. The number of hydrogen-bond acceptors (Lipinski definition) is 12. The minimum absolute atomic E-state index is 0.0369. The van der Waals surface area contributed by atoms with Crippen LogP contribution in [-0.2, 0) is 34.9 Å². The third-order valence-corrected chi connectivity index (χ3v) is 12.9. The molecular weight excluding hydrogens is 793 g/mol. The summed E-state index contributed by atoms with van der Waals surface area (Å²) in [4.78, 5) is 15.8. The Kier molecular flexibility index (Phi) is 17.8. The third-order valence-electron chi connectivity index (χ3n) is 12.6. The second-order valence-corrected chi connectivity index (χ2v) is 18.2. The molecule has 0 radical (unpaired) electrons. The largest absolute Gasteiger partial charge is 0.461 e. The van der Waals surface area contributed by atoms with Gasteiger partial charge in [0.2, 0.25) is 0 Å². The number of esters is 1. The normalized spacial score (nSPS) is 37.2. The summed E-state index contributed by atoms with van der Waals surface area (Å²) in [6.07, 6.45) is -5.14. The number of aliphatic hydroxyl groups is 3. The van der Waals surface area contributed by atoms with Crippen LogP contribution < -0.4 is 0 Å². The van der Waals surface area contributed by atoms with Crippen LogP contribution in [0.15, 0.2) is 58.7 Å². The highest BCUT2D eigenvalue weighted by Gasteiger charge is 2.51. The maximum absolute atomic E-state index is 13.8. The molecule has 0 saturated carbocycles. The van der Waals surface area contributed by atoms with Gasteiger partial charge in [-0.05, 0) is 102 Å². The summed E-state index contributed by atoms with van der Waals surface area (Å²) in [7, 11) is 5.39. The lowest BCUT2D eigenvalue weighted by molar-refractivity contribution is -0.302. The zero-order chi connectivity index (χ0) is 44.7. The molecule has 0 aromatic heterocycles. The summed E-state index contributed by atoms with van der Waals surface area (Å²) >= 11 is 6.16. The Morgan fingerprint density at radius 3 is 2.25 bits per heavy atom. The van der Waals surface area contributed by atoms with Crippen LogP contribution in [0, 0.1) is 29.5 Å². The van der Waals surface area contributed by atoms with Crippen LogP contribution in [0.3, 0.4) is 0 Å². The molecule has 4 rings (SSSR count). The van der Waals surface area contributed by atoms with Gasteiger partial charge >= 0.3 is 5.97 Å². The lowest BCUT2D eigenvalue weighted by Gasteiger charge is -2.49. The zero-order valence-electron chi connectivity index (χ0n) is 37.5. The molecule has 0 aliphatic carbocycles. The van der Waals surface area contributed by atoms with E-state index in [9.17, 15) is 24.5 Å². The van der Waals surface area contributed by atoms with Gasteiger partial charge in [-0.15, -0.1) is 0 Å². The van der Waals surface area contributed by atoms with Crippen molar-refractivity contribution in [2.75, 3.05) is 27.8 Å². The predicted octanol–water partition coefficient (Wildman–Crippen LogP) is 6.87. The van der Waals surface area contributed by atoms with Gasteiger partial charge < -0.3 is 43.9 Å². The number of aliphatic hydroxyl groups excluding tert-OH is 2. The fourth-order valence-corrected chi connectivity index (χ4v) is 9.09. The third kappa shape index (κ3) is 12.2. The van der Waals surface area contributed by atoms with Crippen LogP contribution in [0.25, 0.3) is 0 Å². The van der Waals surface area contributed by atoms with Gasteiger partial charge in [0, 0.05) is 41.6 Å². The molecule has 2 aliphatic rings. The van der Waals surface area contributed by atoms with Crippen LogP contribution in [0.5, 0.6) is 0 Å². The number of likely N-dealkylation sites (N-methyl/N-ethyl adjacent to an activating group) is 1. The van der Waals surface area contributed by atoms with Gasteiger partial charge in [-0.1, -0.05) is 70.5 Å². The molecule has 0 amide bonds. The van der Waals surface area contributed by atoms with E-state index < -0.39 is 83.5 Å². The summed E-state index contributed by atoms with van der Waals surface area (Å²) in [6.45, 7) is 16.7. The molecule has 336 valence electrons. The number of halogens is 2. The highest BCUT2D eigenvalue weighted by atomic mass is 35.5. The van der Waals surface area contributed by atoms with E-state index in [1.807, 2.05) is 86.5 Å². The first kappa shape index (κ1) is 49.8. The van der Waals surface area contributed by atoms with Crippen molar-refractivity contribution in [1.82, 2.24) is 4.90 Å². The molecule has 2 saturated heterocycles. The van der Waals surface area contributed by atoms with Gasteiger partial charge in [0.25, 0.3) is 0 Å². The molecule has 0 bridgehead atoms. The van der Waals surface area contributed by atoms with Crippen molar-refractivity contribution in [2.45, 2.75) is 148 Å². The van der Waals surface area contributed by atoms with Gasteiger partial charge in [-0.2, -0.15) is 10.2 Å². The quantitative estimate of drug-likeness (QED) is 0.131. The van der Waals surface area contributed by atoms with Crippen LogP contribution in [0.4, 0.5) is 4.39 Å². The zero-order valence-corrected chi connectivity index (χ0v) is 38.2. The van der Waals surface area contributed by atoms with Crippen molar-refractivity contribution >= 4 is 29.0 Å². The number of methoxy groups -OCH3 is 1. The number of carbonyl (C=O) groups is 1. The Labute approximate surface area is 361 Å². The lowest BCUT2D eigenvalue weighted by atomic mass is 9.73. The number of carbonyl (C=O) groups excluding carboxylic acids is 1. The highest BCUT2D eigenvalue weighted by molar-refractivity contribution is 6.30. The fraction of sp³-hybridized carbons (Fsp3) is 0.674. The average Bonchev–Trinajstić information content (AvgIpc) is 3.19. The monoisotopic (exact) mass is 861 g/mol. The lowest BCUT2D eigenvalue weighted by Crippen LogP contribution is -2.60. The molecule has 2 fully saturated rings. The maximum Gasteiger partial charge on any atom is 0.310 e. The van der Waals surface area contributed by atoms with E-state index in [1.165, 1.54) is 12.1 Å². The molecule has 12 nitrogen and oxygen atoms in total. The summed E-state index contributed by atoms with van der Waals surface area (Å²) < 4.78 is 46.4. The number of rotatable bonds is 10. The van der Waals surface area contributed by atoms with Crippen molar-refractivity contribution in [3.63, 3.8) is 0 Å². The Morgan fingerprint density at radius 1 is 1.03 bits per heavy atom. The van der Waals surface area contributed by atoms with Crippen molar-refractivity contribution in [1.29, 1.82) is 0 Å². The van der Waals surface area contributed by atoms with Crippen molar-refractivity contribution in [3.05, 3.63) is 70.5 Å². The molecule has 3 N–H and O–H groups in total. The van der Waals surface area contributed by atoms with Crippen molar-refractivity contribution in [3.8, 4) is 0 Å². The van der Waals surface area contributed by atoms with E-state index in [-0.39, 0.29) is 31.6 Å². The Morgan fingerprint density at radius 2 is 1.67 bits per heavy atom. The summed E-state index contributed by atoms with van der Waals surface area (Å²) in [5.74, 6) is -3.20. The van der Waals surface area contributed by atoms with E-state index in [4.69, 9.17) is 40.4 Å². The Hall–Kier alpha value is -2.85. The van der Waals surface area contributed by atoms with Crippen molar-refractivity contribution < 1.29 is 48.2 Å². The summed E-state index contributed by atoms with van der Waals surface area (Å²) in [6, 6.07) is 12.7. The second-order valence-electron chi connectivity index (χ2n) is 17.8. The van der Waals surface area contributed by atoms with Crippen LogP contribution in [-0.4, -0.2) is 126 Å². The topological polar surface area (TPSA) is 152 Å². The summed E-state index contributed by atoms with van der Waals surface area (Å²) in [5.41, 5.74) is -0.397. The molecule has 0 spiro atoms. The maximum atomic E-state index is 13.8. The molecule has 14 unspecified atom stereocenters. The number of ether oxygens (including phenoxy) is 5. The van der Waals surface area contributed by atoms with E-state index >= 15 is 0 Å². The van der Waals surface area contributed by atoms with Gasteiger partial charge in [0.05, 0.1) is 48.8 Å². The smallest absolute Gasteiger partial charge is 0.310 e. The second kappa shape index (κ2) is 21.5. The first-order valence-electron chi connectivity index (χ1n) is 21.2. The van der Waals surface area contributed by atoms with E-state index in [2.05, 4.69) is 5.10 Å². The standard InChI is InChI=1S/C46H69ClFN3O9/c1-13-37-46(9,55)42(54)29(5)39(50-49-31(7)33-16-18-34(47)19-17-33)26(2)24-45(8,56-12)43(60-44-40(53)36(51(10)11)22-28(4)58-44)30(6)41(27(3)25-57-37)59-38(52)23-32-14-20-35(48)21-15-32/h14-21,26-30,36-37,40-44,53-55H,13,22-25H2,1-12H3. The fourth-order valence-electron chi connectivity index (χ4n) is 8.97. The van der Waals surface area contributed by atoms with Crippen LogP contribution in [0.1, 0.15) is 92.7 Å². The molecule has 2 aromatic rings. The first-order valence-corrected chi connectivity index (χ1v) is 21.6. The molecular formula is C46H69ClFN3O9. The van der Waals surface area contributed by atoms with Gasteiger partial charge in [0.1, 0.15) is 23.6 Å². The van der Waals surface area contributed by atoms with E-state index in [0.29, 0.717) is 34.9 Å². The van der Waals surface area contributed by atoms with Gasteiger partial charge in [0.15, 0.2) is 6.29 Å². The van der Waals surface area contributed by atoms with E-state index in [1.54, 1.807) is 38.3 Å². The highest BCUT2D eigenvalue weighted by Crippen LogP contribution is 2.40. The SMILES string of the molecule is CCC1OCC(C)C(OC(=O)Cc2ccc(F)cc2)C(C)C(OC2OC(C)CC(N(C)C)C2O)C(C)(OC)CC(C)C(=NN=C(C)c2ccc(Cl)cc2)C(C)C(O)C1(C)O. The minimum Gasteiger partial charge on any atom is -0.461 e. The molecule has 14 atom stereocenters. The summed E-state index contributed by atoms with van der Waals surface area (Å²) in [5, 5.41) is 45.9. The van der Waals surface area contributed by atoms with Gasteiger partial charge in [-0.25, -0.2) is 4.39 Å². The van der Waals surface area contributed by atoms with Crippen molar-refractivity contribution in [2.24, 2.45) is 33.9 Å². The number of hydrogen-bond donors (Lipinski definition) is 3. The average molecular weight is 863 g/mol. The minimum atomic E-state index is -1.74. The van der Waals surface area contributed by atoms with E-state index in [0.717, 1.165) is 5.56 Å². The predicted molar refractivity (Wildman–Crippen MR) is 232 cm³/mol. The molecule has 2 aliphatic heterocycles. The molecule has 14 heteroatoms. The van der Waals surface area contributed by atoms with Gasteiger partial charge in [-0.3, -0.25) is 4.79 Å². The van der Waals surface area contributed by atoms with Crippen LogP contribution >= 0.6 is 11.6 Å². The molecule has 60 heavy (non-hydrogen) atoms. The first-order chi connectivity index (χ1) is 28.1.